The van der Waals surface area contributed by atoms with Crippen molar-refractivity contribution < 1.29 is 0 Å². The number of imidazole rings is 1. The summed E-state index contributed by atoms with van der Waals surface area (Å²) in [5, 5.41) is 0. The molecule has 2 N–H and O–H groups in total. The highest BCUT2D eigenvalue weighted by Crippen LogP contribution is 2.32. The number of fused-ring (bicyclic) bond motifs is 1. The lowest BCUT2D eigenvalue weighted by Gasteiger charge is -2.28. The maximum atomic E-state index is 6.12. The van der Waals surface area contributed by atoms with E-state index < -0.39 is 0 Å². The van der Waals surface area contributed by atoms with Crippen LogP contribution in [-0.2, 0) is 13.1 Å². The van der Waals surface area contributed by atoms with Crippen LogP contribution in [0.5, 0.6) is 0 Å². The van der Waals surface area contributed by atoms with Gasteiger partial charge in [0, 0.05) is 38.1 Å². The van der Waals surface area contributed by atoms with Gasteiger partial charge < -0.3 is 10.3 Å². The molecule has 0 saturated heterocycles. The van der Waals surface area contributed by atoms with Crippen molar-refractivity contribution in [3.63, 3.8) is 0 Å². The van der Waals surface area contributed by atoms with Crippen LogP contribution >= 0.6 is 0 Å². The van der Waals surface area contributed by atoms with E-state index in [0.29, 0.717) is 6.04 Å². The lowest BCUT2D eigenvalue weighted by atomic mass is 10.1. The molecule has 1 atom stereocenters. The van der Waals surface area contributed by atoms with Gasteiger partial charge in [-0.05, 0) is 25.2 Å². The zero-order chi connectivity index (χ0) is 11.0. The molecule has 1 unspecified atom stereocenters. The Bertz CT molecular complexity index is 356. The lowest BCUT2D eigenvalue weighted by molar-refractivity contribution is 0.207. The second kappa shape index (κ2) is 4.18. The van der Waals surface area contributed by atoms with E-state index in [0.717, 1.165) is 38.5 Å². The zero-order valence-electron chi connectivity index (χ0n) is 9.68. The Morgan fingerprint density at radius 3 is 3.12 bits per heavy atom. The highest BCUT2D eigenvalue weighted by atomic mass is 15.2. The van der Waals surface area contributed by atoms with Crippen LogP contribution in [0.15, 0.2) is 12.4 Å². The fourth-order valence-electron chi connectivity index (χ4n) is 2.51. The van der Waals surface area contributed by atoms with Crippen molar-refractivity contribution in [1.82, 2.24) is 14.5 Å². The summed E-state index contributed by atoms with van der Waals surface area (Å²) in [6.07, 6.45) is 7.82. The average Bonchev–Trinajstić information content (AvgIpc) is 3.04. The average molecular weight is 220 g/mol. The van der Waals surface area contributed by atoms with Crippen molar-refractivity contribution >= 4 is 0 Å². The predicted octanol–water partition coefficient (Wildman–Crippen LogP) is 0.826. The van der Waals surface area contributed by atoms with Gasteiger partial charge in [0.15, 0.2) is 0 Å². The third-order valence-electron chi connectivity index (χ3n) is 3.83. The van der Waals surface area contributed by atoms with Crippen LogP contribution in [0.2, 0.25) is 0 Å². The zero-order valence-corrected chi connectivity index (χ0v) is 9.68. The molecule has 1 saturated carbocycles. The molecule has 0 aromatic carbocycles. The smallest absolute Gasteiger partial charge is 0.122 e. The van der Waals surface area contributed by atoms with Crippen LogP contribution in [0.3, 0.4) is 0 Å². The molecule has 3 rings (SSSR count). The Hall–Kier alpha value is -0.870. The van der Waals surface area contributed by atoms with Gasteiger partial charge in [-0.1, -0.05) is 0 Å². The van der Waals surface area contributed by atoms with E-state index in [9.17, 15) is 0 Å². The van der Waals surface area contributed by atoms with E-state index in [1.54, 1.807) is 0 Å². The minimum absolute atomic E-state index is 0.432. The largest absolute Gasteiger partial charge is 0.333 e. The van der Waals surface area contributed by atoms with Gasteiger partial charge in [-0.25, -0.2) is 4.98 Å². The number of nitrogens with two attached hydrogens (primary N) is 1. The molecule has 1 aliphatic heterocycles. The minimum Gasteiger partial charge on any atom is -0.333 e. The fourth-order valence-corrected chi connectivity index (χ4v) is 2.51. The predicted molar refractivity (Wildman–Crippen MR) is 62.8 cm³/mol. The van der Waals surface area contributed by atoms with Gasteiger partial charge in [0.25, 0.3) is 0 Å². The molecule has 88 valence electrons. The summed E-state index contributed by atoms with van der Waals surface area (Å²) in [5.41, 5.74) is 6.12. The van der Waals surface area contributed by atoms with Crippen LogP contribution in [0.25, 0.3) is 0 Å². The molecule has 1 fully saturated rings. The van der Waals surface area contributed by atoms with Gasteiger partial charge >= 0.3 is 0 Å². The first-order chi connectivity index (χ1) is 7.83. The second-order valence-corrected chi connectivity index (χ2v) is 5.10. The Balaban J connectivity index is 1.50. The minimum atomic E-state index is 0.432. The Kier molecular flexibility index (Phi) is 2.69. The molecule has 4 nitrogen and oxygen atoms in total. The van der Waals surface area contributed by atoms with Crippen LogP contribution in [0.4, 0.5) is 0 Å². The number of hydrogen-bond donors (Lipinski definition) is 1. The fraction of sp³-hybridized carbons (Fsp3) is 0.750. The van der Waals surface area contributed by atoms with E-state index in [2.05, 4.69) is 20.6 Å². The van der Waals surface area contributed by atoms with E-state index in [-0.39, 0.29) is 0 Å². The normalized spacial score (nSPS) is 23.1. The molecule has 4 heteroatoms. The molecule has 0 spiro atoms. The molecule has 16 heavy (non-hydrogen) atoms. The molecule has 0 radical (unpaired) electrons. The monoisotopic (exact) mass is 220 g/mol. The summed E-state index contributed by atoms with van der Waals surface area (Å²) in [4.78, 5) is 6.85. The van der Waals surface area contributed by atoms with Crippen molar-refractivity contribution in [3.8, 4) is 0 Å². The van der Waals surface area contributed by atoms with Gasteiger partial charge in [-0.15, -0.1) is 0 Å². The highest BCUT2D eigenvalue weighted by Gasteiger charge is 2.28. The van der Waals surface area contributed by atoms with Crippen molar-refractivity contribution in [2.45, 2.75) is 38.4 Å². The van der Waals surface area contributed by atoms with Crippen LogP contribution in [0, 0.1) is 5.92 Å². The number of hydrogen-bond acceptors (Lipinski definition) is 3. The van der Waals surface area contributed by atoms with Crippen molar-refractivity contribution in [1.29, 1.82) is 0 Å². The molecule has 2 aliphatic rings. The number of rotatable bonds is 4. The lowest BCUT2D eigenvalue weighted by Crippen LogP contribution is -2.37. The first-order valence-corrected chi connectivity index (χ1v) is 6.31. The summed E-state index contributed by atoms with van der Waals surface area (Å²) >= 11 is 0. The molecule has 0 bridgehead atoms. The standard InChI is InChI=1S/C12H20N4/c13-11(10-1-2-10)3-5-15-7-8-16-6-4-14-12(16)9-15/h4,6,10-11H,1-3,5,7-9,13H2. The van der Waals surface area contributed by atoms with Gasteiger partial charge in [0.1, 0.15) is 5.82 Å². The summed E-state index contributed by atoms with van der Waals surface area (Å²) < 4.78 is 2.25. The van der Waals surface area contributed by atoms with Gasteiger partial charge in [-0.3, -0.25) is 4.90 Å². The van der Waals surface area contributed by atoms with Gasteiger partial charge in [-0.2, -0.15) is 0 Å². The summed E-state index contributed by atoms with van der Waals surface area (Å²) in [5.74, 6) is 2.03. The second-order valence-electron chi connectivity index (χ2n) is 5.10. The topological polar surface area (TPSA) is 47.1 Å². The number of aromatic nitrogens is 2. The summed E-state index contributed by atoms with van der Waals surface area (Å²) in [7, 11) is 0. The van der Waals surface area contributed by atoms with Gasteiger partial charge in [0.05, 0.1) is 6.54 Å². The Labute approximate surface area is 96.4 Å². The molecule has 1 aliphatic carbocycles. The quantitative estimate of drug-likeness (QED) is 0.817. The third-order valence-corrected chi connectivity index (χ3v) is 3.83. The van der Waals surface area contributed by atoms with E-state index >= 15 is 0 Å². The molecular formula is C12H20N4. The van der Waals surface area contributed by atoms with Crippen molar-refractivity contribution in [2.75, 3.05) is 13.1 Å². The first kappa shape index (κ1) is 10.3. The van der Waals surface area contributed by atoms with E-state index in [1.807, 2.05) is 6.20 Å². The van der Waals surface area contributed by atoms with E-state index in [4.69, 9.17) is 5.73 Å². The highest BCUT2D eigenvalue weighted by molar-refractivity contribution is 4.95. The molecule has 0 amide bonds. The van der Waals surface area contributed by atoms with E-state index in [1.165, 1.54) is 18.7 Å². The molecule has 2 heterocycles. The van der Waals surface area contributed by atoms with Gasteiger partial charge in [0.2, 0.25) is 0 Å². The molecule has 1 aromatic rings. The van der Waals surface area contributed by atoms with Crippen LogP contribution in [0.1, 0.15) is 25.1 Å². The van der Waals surface area contributed by atoms with Crippen LogP contribution in [-0.4, -0.2) is 33.6 Å². The summed E-state index contributed by atoms with van der Waals surface area (Å²) in [6.45, 7) is 4.34. The molecule has 1 aromatic heterocycles. The Morgan fingerprint density at radius 1 is 1.44 bits per heavy atom. The van der Waals surface area contributed by atoms with Crippen LogP contribution < -0.4 is 5.73 Å². The van der Waals surface area contributed by atoms with Crippen molar-refractivity contribution in [2.24, 2.45) is 11.7 Å². The van der Waals surface area contributed by atoms with Crippen molar-refractivity contribution in [3.05, 3.63) is 18.2 Å². The summed E-state index contributed by atoms with van der Waals surface area (Å²) in [6, 6.07) is 0.432. The Morgan fingerprint density at radius 2 is 2.31 bits per heavy atom. The first-order valence-electron chi connectivity index (χ1n) is 6.31. The SMILES string of the molecule is NC(CCN1CCn2ccnc2C1)C1CC1. The molecular weight excluding hydrogens is 200 g/mol. The number of nitrogens with zero attached hydrogens (tertiary/aromatic N) is 3. The maximum Gasteiger partial charge on any atom is 0.122 e. The maximum absolute atomic E-state index is 6.12. The third kappa shape index (κ3) is 2.13.